The van der Waals surface area contributed by atoms with Crippen LogP contribution in [0.5, 0.6) is 0 Å². The Labute approximate surface area is 109 Å². The summed E-state index contributed by atoms with van der Waals surface area (Å²) >= 11 is 0. The van der Waals surface area contributed by atoms with Crippen molar-refractivity contribution >= 4 is 5.91 Å². The van der Waals surface area contributed by atoms with Gasteiger partial charge in [-0.15, -0.1) is 0 Å². The number of nitrogens with one attached hydrogen (secondary N) is 1. The van der Waals surface area contributed by atoms with Crippen LogP contribution in [-0.4, -0.2) is 24.2 Å². The van der Waals surface area contributed by atoms with Gasteiger partial charge in [0.1, 0.15) is 0 Å². The average Bonchev–Trinajstić information content (AvgIpc) is 2.36. The molecule has 1 rings (SSSR count). The molecule has 1 aromatic carbocycles. The Morgan fingerprint density at radius 1 is 1.22 bits per heavy atom. The molecule has 1 aromatic rings. The highest BCUT2D eigenvalue weighted by Crippen LogP contribution is 2.17. The number of aliphatic hydroxyl groups excluding tert-OH is 1. The Bertz CT molecular complexity index is 413. The van der Waals surface area contributed by atoms with Crippen LogP contribution in [0.25, 0.3) is 0 Å². The summed E-state index contributed by atoms with van der Waals surface area (Å²) in [5.74, 6) is 0.0190. The smallest absolute Gasteiger partial charge is 0.220 e. The standard InChI is InChI=1S/C15H23NO2/c1-11-6-7-14(13(3)12(11)2)8-9-16-15(18)5-4-10-17/h6-7,17H,4-5,8-10H2,1-3H3,(H,16,18). The van der Waals surface area contributed by atoms with Gasteiger partial charge < -0.3 is 10.4 Å². The van der Waals surface area contributed by atoms with E-state index in [1.54, 1.807) is 0 Å². The van der Waals surface area contributed by atoms with Crippen molar-refractivity contribution in [3.8, 4) is 0 Å². The van der Waals surface area contributed by atoms with E-state index in [4.69, 9.17) is 5.11 Å². The maximum Gasteiger partial charge on any atom is 0.220 e. The number of aryl methyl sites for hydroxylation is 1. The maximum absolute atomic E-state index is 11.4. The third-order valence-corrected chi connectivity index (χ3v) is 3.45. The Balaban J connectivity index is 2.45. The first kappa shape index (κ1) is 14.7. The molecule has 1 amide bonds. The predicted molar refractivity (Wildman–Crippen MR) is 73.7 cm³/mol. The largest absolute Gasteiger partial charge is 0.396 e. The van der Waals surface area contributed by atoms with Gasteiger partial charge in [-0.1, -0.05) is 12.1 Å². The first-order chi connectivity index (χ1) is 8.56. The van der Waals surface area contributed by atoms with Gasteiger partial charge >= 0.3 is 0 Å². The van der Waals surface area contributed by atoms with Gasteiger partial charge in [0.25, 0.3) is 0 Å². The minimum absolute atomic E-state index is 0.0190. The molecule has 0 aliphatic carbocycles. The highest BCUT2D eigenvalue weighted by molar-refractivity contribution is 5.75. The molecule has 0 saturated heterocycles. The lowest BCUT2D eigenvalue weighted by Gasteiger charge is -2.11. The van der Waals surface area contributed by atoms with E-state index in [9.17, 15) is 4.79 Å². The molecular weight excluding hydrogens is 226 g/mol. The highest BCUT2D eigenvalue weighted by atomic mass is 16.3. The molecule has 0 unspecified atom stereocenters. The molecule has 0 aromatic heterocycles. The summed E-state index contributed by atoms with van der Waals surface area (Å²) < 4.78 is 0. The first-order valence-corrected chi connectivity index (χ1v) is 6.49. The van der Waals surface area contributed by atoms with Crippen molar-refractivity contribution in [2.24, 2.45) is 0 Å². The molecule has 0 fully saturated rings. The SMILES string of the molecule is Cc1ccc(CCNC(=O)CCCO)c(C)c1C. The van der Waals surface area contributed by atoms with Gasteiger partial charge in [0.05, 0.1) is 0 Å². The zero-order valence-electron chi connectivity index (χ0n) is 11.5. The van der Waals surface area contributed by atoms with Crippen LogP contribution in [0.4, 0.5) is 0 Å². The number of hydrogen-bond acceptors (Lipinski definition) is 2. The predicted octanol–water partition coefficient (Wildman–Crippen LogP) is 2.04. The molecule has 3 heteroatoms. The average molecular weight is 249 g/mol. The molecule has 0 aliphatic heterocycles. The highest BCUT2D eigenvalue weighted by Gasteiger charge is 2.05. The molecule has 0 heterocycles. The molecule has 0 bridgehead atoms. The molecular formula is C15H23NO2. The second-order valence-corrected chi connectivity index (χ2v) is 4.72. The van der Waals surface area contributed by atoms with Crippen molar-refractivity contribution in [2.75, 3.05) is 13.2 Å². The molecule has 2 N–H and O–H groups in total. The van der Waals surface area contributed by atoms with E-state index >= 15 is 0 Å². The van der Waals surface area contributed by atoms with Gasteiger partial charge in [-0.3, -0.25) is 4.79 Å². The minimum Gasteiger partial charge on any atom is -0.396 e. The van der Waals surface area contributed by atoms with E-state index in [1.165, 1.54) is 22.3 Å². The van der Waals surface area contributed by atoms with Crippen LogP contribution in [0.2, 0.25) is 0 Å². The summed E-state index contributed by atoms with van der Waals surface area (Å²) in [4.78, 5) is 11.4. The monoisotopic (exact) mass is 249 g/mol. The summed E-state index contributed by atoms with van der Waals surface area (Å²) in [6.07, 6.45) is 1.80. The topological polar surface area (TPSA) is 49.3 Å². The lowest BCUT2D eigenvalue weighted by molar-refractivity contribution is -0.121. The fraction of sp³-hybridized carbons (Fsp3) is 0.533. The molecule has 18 heavy (non-hydrogen) atoms. The van der Waals surface area contributed by atoms with Crippen molar-refractivity contribution in [1.82, 2.24) is 5.32 Å². The van der Waals surface area contributed by atoms with E-state index in [0.717, 1.165) is 6.42 Å². The number of rotatable bonds is 6. The Hall–Kier alpha value is -1.35. The summed E-state index contributed by atoms with van der Waals surface area (Å²) in [6.45, 7) is 7.11. The quantitative estimate of drug-likeness (QED) is 0.810. The van der Waals surface area contributed by atoms with Crippen molar-refractivity contribution in [1.29, 1.82) is 0 Å². The van der Waals surface area contributed by atoms with Crippen LogP contribution in [-0.2, 0) is 11.2 Å². The van der Waals surface area contributed by atoms with E-state index in [-0.39, 0.29) is 12.5 Å². The molecule has 100 valence electrons. The van der Waals surface area contributed by atoms with Crippen molar-refractivity contribution < 1.29 is 9.90 Å². The first-order valence-electron chi connectivity index (χ1n) is 6.49. The van der Waals surface area contributed by atoms with Crippen LogP contribution in [0.3, 0.4) is 0 Å². The molecule has 3 nitrogen and oxygen atoms in total. The maximum atomic E-state index is 11.4. The van der Waals surface area contributed by atoms with Gasteiger partial charge in [-0.2, -0.15) is 0 Å². The van der Waals surface area contributed by atoms with Gasteiger partial charge in [-0.25, -0.2) is 0 Å². The molecule has 0 saturated carbocycles. The van der Waals surface area contributed by atoms with E-state index in [0.29, 0.717) is 19.4 Å². The second kappa shape index (κ2) is 7.17. The number of hydrogen-bond donors (Lipinski definition) is 2. The van der Waals surface area contributed by atoms with Crippen LogP contribution in [0.15, 0.2) is 12.1 Å². The summed E-state index contributed by atoms with van der Waals surface area (Å²) in [5.41, 5.74) is 5.25. The molecule has 0 radical (unpaired) electrons. The number of carbonyl (C=O) groups is 1. The van der Waals surface area contributed by atoms with E-state index in [2.05, 4.69) is 38.2 Å². The van der Waals surface area contributed by atoms with Gasteiger partial charge in [-0.05, 0) is 55.9 Å². The van der Waals surface area contributed by atoms with Crippen molar-refractivity contribution in [2.45, 2.75) is 40.0 Å². The third kappa shape index (κ3) is 4.15. The lowest BCUT2D eigenvalue weighted by Crippen LogP contribution is -2.25. The number of benzene rings is 1. The zero-order valence-corrected chi connectivity index (χ0v) is 11.5. The summed E-state index contributed by atoms with van der Waals surface area (Å²) in [6, 6.07) is 4.27. The number of amides is 1. The fourth-order valence-electron chi connectivity index (χ4n) is 1.95. The zero-order chi connectivity index (χ0) is 13.5. The van der Waals surface area contributed by atoms with Gasteiger partial charge in [0.15, 0.2) is 0 Å². The van der Waals surface area contributed by atoms with Crippen molar-refractivity contribution in [3.63, 3.8) is 0 Å². The normalized spacial score (nSPS) is 10.4. The minimum atomic E-state index is 0.0190. The van der Waals surface area contributed by atoms with Crippen LogP contribution >= 0.6 is 0 Å². The van der Waals surface area contributed by atoms with Gasteiger partial charge in [0.2, 0.25) is 5.91 Å². The molecule has 0 spiro atoms. The van der Waals surface area contributed by atoms with E-state index in [1.807, 2.05) is 0 Å². The molecule has 0 aliphatic rings. The number of aliphatic hydroxyl groups is 1. The van der Waals surface area contributed by atoms with Crippen LogP contribution in [0.1, 0.15) is 35.1 Å². The second-order valence-electron chi connectivity index (χ2n) is 4.72. The van der Waals surface area contributed by atoms with Gasteiger partial charge in [0, 0.05) is 19.6 Å². The van der Waals surface area contributed by atoms with Crippen LogP contribution in [0, 0.1) is 20.8 Å². The van der Waals surface area contributed by atoms with Crippen LogP contribution < -0.4 is 5.32 Å². The fourth-order valence-corrected chi connectivity index (χ4v) is 1.95. The lowest BCUT2D eigenvalue weighted by atomic mass is 9.97. The van der Waals surface area contributed by atoms with E-state index < -0.39 is 0 Å². The third-order valence-electron chi connectivity index (χ3n) is 3.45. The number of carbonyl (C=O) groups excluding carboxylic acids is 1. The Morgan fingerprint density at radius 2 is 1.94 bits per heavy atom. The van der Waals surface area contributed by atoms with Crippen molar-refractivity contribution in [3.05, 3.63) is 34.4 Å². The molecule has 0 atom stereocenters. The Morgan fingerprint density at radius 3 is 2.61 bits per heavy atom. The Kier molecular flexibility index (Phi) is 5.86. The summed E-state index contributed by atoms with van der Waals surface area (Å²) in [7, 11) is 0. The summed E-state index contributed by atoms with van der Waals surface area (Å²) in [5, 5.41) is 11.5.